The third kappa shape index (κ3) is 1.86. The zero-order valence-corrected chi connectivity index (χ0v) is 9.47. The standard InChI is InChI=1S/C10H13N4O2/c1-7-4-9(12-16-7)6-14-8(2)10(5-11-14)13(3)15/h4-5H,6H2,1-3H3/q+1. The molecule has 0 aliphatic rings. The van der Waals surface area contributed by atoms with Gasteiger partial charge in [0.05, 0.1) is 6.54 Å². The zero-order chi connectivity index (χ0) is 11.7. The Labute approximate surface area is 92.4 Å². The molecule has 0 saturated carbocycles. The minimum atomic E-state index is 0.511. The first-order valence-electron chi connectivity index (χ1n) is 4.93. The molecule has 0 amide bonds. The van der Waals surface area contributed by atoms with Gasteiger partial charge in [-0.15, -0.1) is 0 Å². The maximum absolute atomic E-state index is 11.2. The lowest BCUT2D eigenvalue weighted by molar-refractivity contribution is -0.428. The van der Waals surface area contributed by atoms with Crippen LogP contribution in [0.1, 0.15) is 17.1 Å². The van der Waals surface area contributed by atoms with Gasteiger partial charge in [0.2, 0.25) is 0 Å². The van der Waals surface area contributed by atoms with Crippen molar-refractivity contribution in [2.45, 2.75) is 20.4 Å². The normalized spacial score (nSPS) is 10.7. The molecule has 0 atom stereocenters. The van der Waals surface area contributed by atoms with Gasteiger partial charge in [-0.3, -0.25) is 4.68 Å². The van der Waals surface area contributed by atoms with Crippen molar-refractivity contribution in [2.24, 2.45) is 0 Å². The van der Waals surface area contributed by atoms with Crippen LogP contribution in [0.3, 0.4) is 0 Å². The van der Waals surface area contributed by atoms with Crippen LogP contribution in [-0.4, -0.2) is 26.7 Å². The summed E-state index contributed by atoms with van der Waals surface area (Å²) < 4.78 is 7.49. The highest BCUT2D eigenvalue weighted by Crippen LogP contribution is 2.16. The highest BCUT2D eigenvalue weighted by molar-refractivity contribution is 5.31. The number of aryl methyl sites for hydroxylation is 1. The molecule has 16 heavy (non-hydrogen) atoms. The van der Waals surface area contributed by atoms with E-state index < -0.39 is 0 Å². The Hall–Kier alpha value is -1.98. The van der Waals surface area contributed by atoms with Gasteiger partial charge in [0, 0.05) is 15.7 Å². The molecule has 2 aromatic rings. The predicted molar refractivity (Wildman–Crippen MR) is 56.5 cm³/mol. The van der Waals surface area contributed by atoms with Gasteiger partial charge in [0.15, 0.2) is 7.05 Å². The number of nitroso groups, excluding NO2 is 1. The van der Waals surface area contributed by atoms with Gasteiger partial charge in [-0.2, -0.15) is 5.10 Å². The number of rotatable bonds is 3. The van der Waals surface area contributed by atoms with E-state index in [1.165, 1.54) is 7.05 Å². The van der Waals surface area contributed by atoms with Crippen LogP contribution in [0.15, 0.2) is 16.8 Å². The van der Waals surface area contributed by atoms with Crippen molar-refractivity contribution in [2.75, 3.05) is 7.05 Å². The van der Waals surface area contributed by atoms with Crippen molar-refractivity contribution in [1.29, 1.82) is 0 Å². The summed E-state index contributed by atoms with van der Waals surface area (Å²) in [5.41, 5.74) is 2.18. The molecular formula is C10H13N4O2+. The molecule has 6 heteroatoms. The minimum absolute atomic E-state index is 0.511. The molecule has 0 radical (unpaired) electrons. The largest absolute Gasteiger partial charge is 0.361 e. The molecule has 6 nitrogen and oxygen atoms in total. The van der Waals surface area contributed by atoms with Crippen LogP contribution in [0.4, 0.5) is 5.69 Å². The average Bonchev–Trinajstić information content (AvgIpc) is 2.76. The van der Waals surface area contributed by atoms with Gasteiger partial charge in [-0.25, -0.2) is 0 Å². The van der Waals surface area contributed by atoms with Crippen molar-refractivity contribution in [3.05, 3.63) is 34.3 Å². The third-order valence-corrected chi connectivity index (χ3v) is 2.41. The van der Waals surface area contributed by atoms with E-state index in [1.807, 2.05) is 19.9 Å². The highest BCUT2D eigenvalue weighted by atomic mass is 16.5. The fourth-order valence-corrected chi connectivity index (χ4v) is 1.55. The summed E-state index contributed by atoms with van der Waals surface area (Å²) in [6.07, 6.45) is 1.55. The Balaban J connectivity index is 2.25. The molecule has 84 valence electrons. The summed E-state index contributed by atoms with van der Waals surface area (Å²) >= 11 is 0. The first-order valence-corrected chi connectivity index (χ1v) is 4.93. The van der Waals surface area contributed by atoms with Crippen molar-refractivity contribution in [3.8, 4) is 0 Å². The Kier molecular flexibility index (Phi) is 2.55. The molecule has 0 spiro atoms. The van der Waals surface area contributed by atoms with Gasteiger partial charge in [0.25, 0.3) is 5.69 Å². The van der Waals surface area contributed by atoms with Crippen LogP contribution in [0, 0.1) is 18.8 Å². The third-order valence-electron chi connectivity index (χ3n) is 2.41. The Morgan fingerprint density at radius 2 is 2.25 bits per heavy atom. The molecule has 0 fully saturated rings. The fourth-order valence-electron chi connectivity index (χ4n) is 1.55. The first kappa shape index (κ1) is 10.5. The second kappa shape index (κ2) is 3.88. The lowest BCUT2D eigenvalue weighted by Crippen LogP contribution is -2.04. The first-order chi connectivity index (χ1) is 7.58. The van der Waals surface area contributed by atoms with Crippen molar-refractivity contribution >= 4 is 5.69 Å². The number of nitrogens with zero attached hydrogens (tertiary/aromatic N) is 4. The number of hydrogen-bond acceptors (Lipinski definition) is 4. The Bertz CT molecular complexity index is 527. The molecule has 0 saturated heterocycles. The summed E-state index contributed by atoms with van der Waals surface area (Å²) in [4.78, 5) is 11.2. The predicted octanol–water partition coefficient (Wildman–Crippen LogP) is 1.58. The van der Waals surface area contributed by atoms with Gasteiger partial charge in [-0.05, 0) is 13.8 Å². The van der Waals surface area contributed by atoms with Crippen LogP contribution >= 0.6 is 0 Å². The number of hydrogen-bond donors (Lipinski definition) is 0. The maximum atomic E-state index is 11.2. The molecule has 0 aromatic carbocycles. The average molecular weight is 221 g/mol. The SMILES string of the molecule is Cc1cc(Cn2ncc([N+](C)=O)c2C)no1. The molecule has 2 heterocycles. The second-order valence-corrected chi connectivity index (χ2v) is 3.70. The van der Waals surface area contributed by atoms with Crippen LogP contribution in [0.5, 0.6) is 0 Å². The summed E-state index contributed by atoms with van der Waals surface area (Å²) in [5.74, 6) is 0.765. The van der Waals surface area contributed by atoms with Gasteiger partial charge in [-0.1, -0.05) is 5.16 Å². The molecular weight excluding hydrogens is 208 g/mol. The minimum Gasteiger partial charge on any atom is -0.361 e. The highest BCUT2D eigenvalue weighted by Gasteiger charge is 2.17. The van der Waals surface area contributed by atoms with E-state index in [9.17, 15) is 4.91 Å². The molecule has 2 aromatic heterocycles. The topological polar surface area (TPSA) is 63.9 Å². The van der Waals surface area contributed by atoms with Crippen LogP contribution in [0.2, 0.25) is 0 Å². The Morgan fingerprint density at radius 1 is 1.50 bits per heavy atom. The summed E-state index contributed by atoms with van der Waals surface area (Å²) in [6, 6.07) is 1.85. The van der Waals surface area contributed by atoms with E-state index in [-0.39, 0.29) is 0 Å². The van der Waals surface area contributed by atoms with Gasteiger partial charge < -0.3 is 4.52 Å². The van der Waals surface area contributed by atoms with E-state index >= 15 is 0 Å². The van der Waals surface area contributed by atoms with E-state index in [4.69, 9.17) is 4.52 Å². The molecule has 2 rings (SSSR count). The van der Waals surface area contributed by atoms with Crippen molar-refractivity contribution in [3.63, 3.8) is 0 Å². The van der Waals surface area contributed by atoms with E-state index in [2.05, 4.69) is 10.3 Å². The summed E-state index contributed by atoms with van der Waals surface area (Å²) in [6.45, 7) is 4.20. The monoisotopic (exact) mass is 221 g/mol. The summed E-state index contributed by atoms with van der Waals surface area (Å²) in [7, 11) is 1.45. The summed E-state index contributed by atoms with van der Waals surface area (Å²) in [5, 5.41) is 8.01. The molecule has 0 N–H and O–H groups in total. The van der Waals surface area contributed by atoms with Gasteiger partial charge in [0.1, 0.15) is 23.3 Å². The lowest BCUT2D eigenvalue weighted by Gasteiger charge is -1.98. The van der Waals surface area contributed by atoms with Gasteiger partial charge >= 0.3 is 0 Å². The van der Waals surface area contributed by atoms with Crippen LogP contribution in [-0.2, 0) is 6.54 Å². The van der Waals surface area contributed by atoms with Crippen LogP contribution in [0.25, 0.3) is 0 Å². The smallest absolute Gasteiger partial charge is 0.296 e. The molecule has 0 aliphatic carbocycles. The number of aromatic nitrogens is 3. The zero-order valence-electron chi connectivity index (χ0n) is 9.47. The quantitative estimate of drug-likeness (QED) is 0.738. The molecule has 0 aliphatic heterocycles. The van der Waals surface area contributed by atoms with E-state index in [0.717, 1.165) is 21.9 Å². The van der Waals surface area contributed by atoms with E-state index in [1.54, 1.807) is 10.9 Å². The van der Waals surface area contributed by atoms with E-state index in [0.29, 0.717) is 12.2 Å². The fraction of sp³-hybridized carbons (Fsp3) is 0.400. The Morgan fingerprint density at radius 3 is 2.75 bits per heavy atom. The lowest BCUT2D eigenvalue weighted by atomic mass is 10.3. The molecule has 0 bridgehead atoms. The van der Waals surface area contributed by atoms with Crippen molar-refractivity contribution < 1.29 is 9.28 Å². The molecule has 0 unspecified atom stereocenters. The van der Waals surface area contributed by atoms with Crippen LogP contribution < -0.4 is 0 Å². The second-order valence-electron chi connectivity index (χ2n) is 3.70. The van der Waals surface area contributed by atoms with Crippen molar-refractivity contribution in [1.82, 2.24) is 14.9 Å². The maximum Gasteiger partial charge on any atom is 0.296 e.